The van der Waals surface area contributed by atoms with Crippen molar-refractivity contribution >= 4 is 15.9 Å². The largest absolute Gasteiger partial charge is 0.497 e. The Hall–Kier alpha value is -1.64. The van der Waals surface area contributed by atoms with Gasteiger partial charge >= 0.3 is 0 Å². The van der Waals surface area contributed by atoms with E-state index in [1.807, 2.05) is 24.3 Å². The van der Waals surface area contributed by atoms with Gasteiger partial charge in [-0.25, -0.2) is 12.7 Å². The fraction of sp³-hybridized carbons (Fsp3) is 0.611. The fourth-order valence-electron chi connectivity index (χ4n) is 2.87. The average Bonchev–Trinajstić information content (AvgIpc) is 3.01. The van der Waals surface area contributed by atoms with E-state index in [9.17, 15) is 13.2 Å². The first kappa shape index (κ1) is 20.7. The molecule has 1 aliphatic rings. The molecule has 1 aliphatic heterocycles. The van der Waals surface area contributed by atoms with Crippen LogP contribution in [0.4, 0.5) is 0 Å². The summed E-state index contributed by atoms with van der Waals surface area (Å²) in [6.45, 7) is 0.710. The Morgan fingerprint density at radius 3 is 2.58 bits per heavy atom. The minimum Gasteiger partial charge on any atom is -0.497 e. The zero-order valence-electron chi connectivity index (χ0n) is 15.6. The predicted octanol–water partition coefficient (Wildman–Crippen LogP) is 1.04. The van der Waals surface area contributed by atoms with E-state index in [1.165, 1.54) is 18.4 Å². The molecule has 0 spiro atoms. The summed E-state index contributed by atoms with van der Waals surface area (Å²) in [5.74, 6) is 0.511. The molecule has 1 aromatic carbocycles. The van der Waals surface area contributed by atoms with Crippen LogP contribution in [-0.2, 0) is 26.0 Å². The van der Waals surface area contributed by atoms with Crippen LogP contribution < -0.4 is 10.1 Å². The van der Waals surface area contributed by atoms with Crippen molar-refractivity contribution in [1.29, 1.82) is 0 Å². The number of hydrogen-bond acceptors (Lipinski definition) is 5. The van der Waals surface area contributed by atoms with Crippen LogP contribution in [0, 0.1) is 5.92 Å². The molecule has 1 saturated heterocycles. The van der Waals surface area contributed by atoms with Gasteiger partial charge in [0.1, 0.15) is 5.75 Å². The normalized spacial score (nSPS) is 20.3. The van der Waals surface area contributed by atoms with Crippen LogP contribution in [0.15, 0.2) is 24.3 Å². The van der Waals surface area contributed by atoms with Crippen LogP contribution in [0.3, 0.4) is 0 Å². The third-order valence-corrected chi connectivity index (χ3v) is 6.52. The second-order valence-electron chi connectivity index (χ2n) is 6.73. The van der Waals surface area contributed by atoms with Crippen molar-refractivity contribution in [3.8, 4) is 5.75 Å². The van der Waals surface area contributed by atoms with E-state index in [1.54, 1.807) is 7.11 Å². The first-order valence-electron chi connectivity index (χ1n) is 8.72. The van der Waals surface area contributed by atoms with Gasteiger partial charge < -0.3 is 14.8 Å². The molecule has 2 rings (SSSR count). The van der Waals surface area contributed by atoms with Gasteiger partial charge in [0.15, 0.2) is 0 Å². The SMILES string of the molecule is COc1ccc(CCCC(=O)N[C@H]2COC[C@H]2CS(=O)(=O)N(C)C)cc1. The van der Waals surface area contributed by atoms with E-state index in [0.29, 0.717) is 19.6 Å². The van der Waals surface area contributed by atoms with Crippen LogP contribution in [0.2, 0.25) is 0 Å². The van der Waals surface area contributed by atoms with Crippen molar-refractivity contribution in [2.75, 3.05) is 40.2 Å². The topological polar surface area (TPSA) is 84.9 Å². The van der Waals surface area contributed by atoms with E-state index < -0.39 is 10.0 Å². The number of ether oxygens (including phenoxy) is 2. The van der Waals surface area contributed by atoms with Crippen LogP contribution in [0.5, 0.6) is 5.75 Å². The highest BCUT2D eigenvalue weighted by molar-refractivity contribution is 7.89. The molecule has 0 bridgehead atoms. The fourth-order valence-corrected chi connectivity index (χ4v) is 4.03. The Labute approximate surface area is 155 Å². The first-order chi connectivity index (χ1) is 12.3. The molecule has 1 N–H and O–H groups in total. The average molecular weight is 384 g/mol. The molecule has 1 fully saturated rings. The first-order valence-corrected chi connectivity index (χ1v) is 10.3. The lowest BCUT2D eigenvalue weighted by atomic mass is 10.1. The molecule has 8 heteroatoms. The molecular weight excluding hydrogens is 356 g/mol. The summed E-state index contributed by atoms with van der Waals surface area (Å²) >= 11 is 0. The van der Waals surface area contributed by atoms with E-state index >= 15 is 0 Å². The number of nitrogens with zero attached hydrogens (tertiary/aromatic N) is 1. The van der Waals surface area contributed by atoms with Crippen LogP contribution >= 0.6 is 0 Å². The van der Waals surface area contributed by atoms with E-state index in [-0.39, 0.29) is 23.6 Å². The number of carbonyl (C=O) groups excluding carboxylic acids is 1. The van der Waals surface area contributed by atoms with E-state index in [4.69, 9.17) is 9.47 Å². The Morgan fingerprint density at radius 1 is 1.27 bits per heavy atom. The lowest BCUT2D eigenvalue weighted by Crippen LogP contribution is -2.43. The molecule has 0 aromatic heterocycles. The van der Waals surface area contributed by atoms with Gasteiger partial charge in [-0.3, -0.25) is 4.79 Å². The maximum absolute atomic E-state index is 12.2. The minimum absolute atomic E-state index is 0.0171. The number of aryl methyl sites for hydroxylation is 1. The van der Waals surface area contributed by atoms with Crippen LogP contribution in [0.25, 0.3) is 0 Å². The Kier molecular flexibility index (Phi) is 7.43. The third kappa shape index (κ3) is 5.96. The Balaban J connectivity index is 1.77. The zero-order valence-corrected chi connectivity index (χ0v) is 16.4. The smallest absolute Gasteiger partial charge is 0.220 e. The summed E-state index contributed by atoms with van der Waals surface area (Å²) in [6.07, 6.45) is 1.93. The van der Waals surface area contributed by atoms with Crippen molar-refractivity contribution in [2.45, 2.75) is 25.3 Å². The molecule has 146 valence electrons. The summed E-state index contributed by atoms with van der Waals surface area (Å²) in [6, 6.07) is 7.54. The molecule has 0 radical (unpaired) electrons. The molecule has 1 aromatic rings. The standard InChI is InChI=1S/C18H28N2O5S/c1-20(2)26(22,23)13-15-11-25-12-17(15)19-18(21)6-4-5-14-7-9-16(24-3)10-8-14/h7-10,15,17H,4-6,11-13H2,1-3H3,(H,19,21)/t15-,17-/m0/s1. The van der Waals surface area contributed by atoms with Gasteiger partial charge in [0, 0.05) is 26.4 Å². The predicted molar refractivity (Wildman–Crippen MR) is 99.6 cm³/mol. The van der Waals surface area contributed by atoms with Crippen molar-refractivity contribution in [3.63, 3.8) is 0 Å². The number of methoxy groups -OCH3 is 1. The second-order valence-corrected chi connectivity index (χ2v) is 8.96. The second kappa shape index (κ2) is 9.34. The highest BCUT2D eigenvalue weighted by Gasteiger charge is 2.33. The highest BCUT2D eigenvalue weighted by Crippen LogP contribution is 2.18. The maximum Gasteiger partial charge on any atom is 0.220 e. The maximum atomic E-state index is 12.2. The third-order valence-electron chi connectivity index (χ3n) is 4.55. The number of carbonyl (C=O) groups is 1. The van der Waals surface area contributed by atoms with Crippen molar-refractivity contribution < 1.29 is 22.7 Å². The number of hydrogen-bond donors (Lipinski definition) is 1. The monoisotopic (exact) mass is 384 g/mol. The summed E-state index contributed by atoms with van der Waals surface area (Å²) < 4.78 is 35.8. The molecule has 1 amide bonds. The highest BCUT2D eigenvalue weighted by atomic mass is 32.2. The summed E-state index contributed by atoms with van der Waals surface area (Å²) in [5, 5.41) is 2.93. The van der Waals surface area contributed by atoms with E-state index in [0.717, 1.165) is 24.2 Å². The minimum atomic E-state index is -3.32. The lowest BCUT2D eigenvalue weighted by molar-refractivity contribution is -0.122. The van der Waals surface area contributed by atoms with Crippen molar-refractivity contribution in [3.05, 3.63) is 29.8 Å². The molecule has 2 atom stereocenters. The summed E-state index contributed by atoms with van der Waals surface area (Å²) in [5.41, 5.74) is 1.15. The number of amides is 1. The Morgan fingerprint density at radius 2 is 1.96 bits per heavy atom. The number of nitrogens with one attached hydrogen (secondary N) is 1. The molecule has 1 heterocycles. The molecular formula is C18H28N2O5S. The number of benzene rings is 1. The molecule has 7 nitrogen and oxygen atoms in total. The van der Waals surface area contributed by atoms with Gasteiger partial charge in [0.05, 0.1) is 32.1 Å². The van der Waals surface area contributed by atoms with Gasteiger partial charge in [-0.2, -0.15) is 0 Å². The molecule has 0 aliphatic carbocycles. The number of sulfonamides is 1. The van der Waals surface area contributed by atoms with E-state index in [2.05, 4.69) is 5.32 Å². The summed E-state index contributed by atoms with van der Waals surface area (Å²) in [7, 11) is 1.33. The molecule has 0 unspecified atom stereocenters. The Bertz CT molecular complexity index is 688. The van der Waals surface area contributed by atoms with Crippen molar-refractivity contribution in [1.82, 2.24) is 9.62 Å². The lowest BCUT2D eigenvalue weighted by Gasteiger charge is -2.21. The molecule has 0 saturated carbocycles. The van der Waals surface area contributed by atoms with Gasteiger partial charge in [0.25, 0.3) is 0 Å². The van der Waals surface area contributed by atoms with Gasteiger partial charge in [0.2, 0.25) is 15.9 Å². The van der Waals surface area contributed by atoms with Gasteiger partial charge in [-0.05, 0) is 30.5 Å². The van der Waals surface area contributed by atoms with Crippen molar-refractivity contribution in [2.24, 2.45) is 5.92 Å². The van der Waals surface area contributed by atoms with Crippen LogP contribution in [0.1, 0.15) is 18.4 Å². The summed E-state index contributed by atoms with van der Waals surface area (Å²) in [4.78, 5) is 12.2. The van der Waals surface area contributed by atoms with Gasteiger partial charge in [-0.15, -0.1) is 0 Å². The van der Waals surface area contributed by atoms with Gasteiger partial charge in [-0.1, -0.05) is 12.1 Å². The molecule has 26 heavy (non-hydrogen) atoms. The zero-order chi connectivity index (χ0) is 19.2. The quantitative estimate of drug-likeness (QED) is 0.688. The van der Waals surface area contributed by atoms with Crippen LogP contribution in [-0.4, -0.2) is 64.8 Å². The number of rotatable bonds is 9.